The van der Waals surface area contributed by atoms with Gasteiger partial charge in [-0.15, -0.1) is 11.3 Å². The molecule has 0 aromatic carbocycles. The summed E-state index contributed by atoms with van der Waals surface area (Å²) in [6.45, 7) is 3.14. The average Bonchev–Trinajstić information content (AvgIpc) is 2.98. The Kier molecular flexibility index (Phi) is 6.12. The standard InChI is InChI=1S/C13H22N2O4S2/c1-10-13(20-9-15-10)2-4-19-7-12(16)6-14-11-3-5-21(17,18)8-11/h9,11-12,14,16H,2-8H2,1H3. The molecule has 2 N–H and O–H groups in total. The molecule has 120 valence electrons. The van der Waals surface area contributed by atoms with Crippen molar-refractivity contribution in [2.75, 3.05) is 31.3 Å². The monoisotopic (exact) mass is 334 g/mol. The number of thiazole rings is 1. The van der Waals surface area contributed by atoms with E-state index >= 15 is 0 Å². The predicted octanol–water partition coefficient (Wildman–Crippen LogP) is 0.148. The van der Waals surface area contributed by atoms with Gasteiger partial charge in [0.05, 0.1) is 42.0 Å². The first kappa shape index (κ1) is 16.8. The van der Waals surface area contributed by atoms with E-state index < -0.39 is 15.9 Å². The largest absolute Gasteiger partial charge is 0.389 e. The Morgan fingerprint density at radius 1 is 1.62 bits per heavy atom. The van der Waals surface area contributed by atoms with Crippen molar-refractivity contribution < 1.29 is 18.3 Å². The number of hydrogen-bond acceptors (Lipinski definition) is 7. The highest BCUT2D eigenvalue weighted by atomic mass is 32.2. The van der Waals surface area contributed by atoms with Crippen LogP contribution in [0.25, 0.3) is 0 Å². The van der Waals surface area contributed by atoms with Crippen molar-refractivity contribution in [2.24, 2.45) is 0 Å². The van der Waals surface area contributed by atoms with Gasteiger partial charge in [-0.2, -0.15) is 0 Å². The molecule has 0 amide bonds. The second kappa shape index (κ2) is 7.64. The minimum Gasteiger partial charge on any atom is -0.389 e. The maximum absolute atomic E-state index is 11.3. The van der Waals surface area contributed by atoms with Crippen LogP contribution in [0.15, 0.2) is 5.51 Å². The summed E-state index contributed by atoms with van der Waals surface area (Å²) in [4.78, 5) is 5.38. The van der Waals surface area contributed by atoms with Crippen LogP contribution < -0.4 is 5.32 Å². The lowest BCUT2D eigenvalue weighted by atomic mass is 10.2. The highest BCUT2D eigenvalue weighted by Crippen LogP contribution is 2.13. The van der Waals surface area contributed by atoms with Gasteiger partial charge in [0.2, 0.25) is 0 Å². The van der Waals surface area contributed by atoms with E-state index in [1.165, 1.54) is 4.88 Å². The molecule has 8 heteroatoms. The van der Waals surface area contributed by atoms with Crippen molar-refractivity contribution in [1.82, 2.24) is 10.3 Å². The van der Waals surface area contributed by atoms with Crippen LogP contribution in [-0.2, 0) is 21.0 Å². The molecule has 0 radical (unpaired) electrons. The molecular weight excluding hydrogens is 312 g/mol. The molecule has 2 heterocycles. The summed E-state index contributed by atoms with van der Waals surface area (Å²) in [7, 11) is -2.87. The van der Waals surface area contributed by atoms with Crippen LogP contribution in [0, 0.1) is 6.92 Å². The van der Waals surface area contributed by atoms with Crippen molar-refractivity contribution in [1.29, 1.82) is 0 Å². The van der Waals surface area contributed by atoms with Gasteiger partial charge in [-0.3, -0.25) is 0 Å². The van der Waals surface area contributed by atoms with Crippen LogP contribution in [-0.4, -0.2) is 61.9 Å². The fourth-order valence-electron chi connectivity index (χ4n) is 2.27. The second-order valence-corrected chi connectivity index (χ2v) is 8.52. The Morgan fingerprint density at radius 2 is 2.43 bits per heavy atom. The highest BCUT2D eigenvalue weighted by molar-refractivity contribution is 7.91. The first-order chi connectivity index (χ1) is 9.96. The summed E-state index contributed by atoms with van der Waals surface area (Å²) in [5.74, 6) is 0.413. The summed E-state index contributed by atoms with van der Waals surface area (Å²) >= 11 is 1.61. The van der Waals surface area contributed by atoms with E-state index in [2.05, 4.69) is 10.3 Å². The minimum atomic E-state index is -2.87. The van der Waals surface area contributed by atoms with Crippen LogP contribution in [0.4, 0.5) is 0 Å². The third-order valence-corrected chi connectivity index (χ3v) is 6.27. The van der Waals surface area contributed by atoms with Crippen molar-refractivity contribution in [3.8, 4) is 0 Å². The fourth-order valence-corrected chi connectivity index (χ4v) is 4.74. The Balaban J connectivity index is 1.56. The number of ether oxygens (including phenoxy) is 1. The Bertz CT molecular complexity index is 544. The molecule has 1 aromatic rings. The van der Waals surface area contributed by atoms with E-state index in [9.17, 15) is 13.5 Å². The third-order valence-electron chi connectivity index (χ3n) is 3.50. The van der Waals surface area contributed by atoms with E-state index in [1.54, 1.807) is 11.3 Å². The topological polar surface area (TPSA) is 88.5 Å². The van der Waals surface area contributed by atoms with Gasteiger partial charge in [0.25, 0.3) is 0 Å². The zero-order valence-corrected chi connectivity index (χ0v) is 13.8. The number of nitrogens with one attached hydrogen (secondary N) is 1. The number of aryl methyl sites for hydroxylation is 1. The van der Waals surface area contributed by atoms with Gasteiger partial charge < -0.3 is 15.2 Å². The van der Waals surface area contributed by atoms with Crippen molar-refractivity contribution >= 4 is 21.2 Å². The second-order valence-electron chi connectivity index (χ2n) is 5.35. The van der Waals surface area contributed by atoms with E-state index in [0.29, 0.717) is 19.6 Å². The number of rotatable bonds is 8. The normalized spacial score (nSPS) is 22.5. The molecule has 6 nitrogen and oxygen atoms in total. The number of aliphatic hydroxyl groups is 1. The molecule has 1 aliphatic rings. The van der Waals surface area contributed by atoms with Crippen LogP contribution in [0.3, 0.4) is 0 Å². The quantitative estimate of drug-likeness (QED) is 0.658. The van der Waals surface area contributed by atoms with E-state index in [1.807, 2.05) is 12.4 Å². The van der Waals surface area contributed by atoms with Gasteiger partial charge >= 0.3 is 0 Å². The smallest absolute Gasteiger partial charge is 0.151 e. The number of aromatic nitrogens is 1. The van der Waals surface area contributed by atoms with E-state index in [4.69, 9.17) is 4.74 Å². The van der Waals surface area contributed by atoms with Crippen LogP contribution in [0.5, 0.6) is 0 Å². The molecular formula is C13H22N2O4S2. The zero-order valence-electron chi connectivity index (χ0n) is 12.1. The summed E-state index contributed by atoms with van der Waals surface area (Å²) in [6.07, 6.45) is 0.814. The van der Waals surface area contributed by atoms with E-state index in [0.717, 1.165) is 12.1 Å². The van der Waals surface area contributed by atoms with Crippen molar-refractivity contribution in [3.63, 3.8) is 0 Å². The molecule has 0 saturated carbocycles. The number of sulfone groups is 1. The first-order valence-electron chi connectivity index (χ1n) is 7.05. The fraction of sp³-hybridized carbons (Fsp3) is 0.769. The van der Waals surface area contributed by atoms with Gasteiger partial charge in [-0.25, -0.2) is 13.4 Å². The molecule has 1 aliphatic heterocycles. The lowest BCUT2D eigenvalue weighted by Crippen LogP contribution is -2.38. The molecule has 21 heavy (non-hydrogen) atoms. The van der Waals surface area contributed by atoms with Gasteiger partial charge in [-0.05, 0) is 13.3 Å². The minimum absolute atomic E-state index is 0.0375. The average molecular weight is 334 g/mol. The number of aliphatic hydroxyl groups excluding tert-OH is 1. The first-order valence-corrected chi connectivity index (χ1v) is 9.75. The van der Waals surface area contributed by atoms with Gasteiger partial charge in [0, 0.05) is 23.9 Å². The summed E-state index contributed by atoms with van der Waals surface area (Å²) in [6, 6.07) is -0.0375. The number of nitrogens with zero attached hydrogens (tertiary/aromatic N) is 1. The number of hydrogen-bond donors (Lipinski definition) is 2. The molecule has 2 rings (SSSR count). The Labute approximate surface area is 129 Å². The van der Waals surface area contributed by atoms with Crippen LogP contribution in [0.2, 0.25) is 0 Å². The molecule has 0 aliphatic carbocycles. The third kappa shape index (κ3) is 5.63. The molecule has 0 spiro atoms. The van der Waals surface area contributed by atoms with Crippen LogP contribution >= 0.6 is 11.3 Å². The molecule has 0 bridgehead atoms. The van der Waals surface area contributed by atoms with Gasteiger partial charge in [-0.1, -0.05) is 0 Å². The van der Waals surface area contributed by atoms with Gasteiger partial charge in [0.1, 0.15) is 0 Å². The molecule has 1 aromatic heterocycles. The Morgan fingerprint density at radius 3 is 3.05 bits per heavy atom. The highest BCUT2D eigenvalue weighted by Gasteiger charge is 2.27. The zero-order chi connectivity index (χ0) is 15.3. The summed E-state index contributed by atoms with van der Waals surface area (Å²) in [5, 5.41) is 12.9. The van der Waals surface area contributed by atoms with E-state index in [-0.39, 0.29) is 24.2 Å². The predicted molar refractivity (Wildman–Crippen MR) is 82.4 cm³/mol. The lowest BCUT2D eigenvalue weighted by molar-refractivity contribution is 0.0375. The Hall–Kier alpha value is -0.540. The molecule has 1 saturated heterocycles. The van der Waals surface area contributed by atoms with Crippen molar-refractivity contribution in [2.45, 2.75) is 31.9 Å². The molecule has 2 atom stereocenters. The van der Waals surface area contributed by atoms with Crippen LogP contribution in [0.1, 0.15) is 17.0 Å². The van der Waals surface area contributed by atoms with Gasteiger partial charge in [0.15, 0.2) is 9.84 Å². The molecule has 1 fully saturated rings. The summed E-state index contributed by atoms with van der Waals surface area (Å²) < 4.78 is 28.1. The SMILES string of the molecule is Cc1ncsc1CCOCC(O)CNC1CCS(=O)(=O)C1. The lowest BCUT2D eigenvalue weighted by Gasteiger charge is -2.15. The van der Waals surface area contributed by atoms with Crippen molar-refractivity contribution in [3.05, 3.63) is 16.1 Å². The molecule has 2 unspecified atom stereocenters. The maximum atomic E-state index is 11.3. The summed E-state index contributed by atoms with van der Waals surface area (Å²) in [5.41, 5.74) is 2.85. The maximum Gasteiger partial charge on any atom is 0.151 e.